The molecule has 2 heteroatoms. The molecule has 0 amide bonds. The van der Waals surface area contributed by atoms with Crippen molar-refractivity contribution >= 4 is 34.0 Å². The van der Waals surface area contributed by atoms with Crippen molar-refractivity contribution in [2.45, 2.75) is 39.0 Å². The first-order valence-electron chi connectivity index (χ1n) is 7.96. The number of hydrogen-bond donors (Lipinski definition) is 0. The first-order chi connectivity index (χ1) is 10.5. The molecule has 22 heavy (non-hydrogen) atoms. The largest absolute Gasteiger partial charge is 0.318 e. The highest BCUT2D eigenvalue weighted by molar-refractivity contribution is 7.73. The van der Waals surface area contributed by atoms with Crippen molar-refractivity contribution in [1.29, 1.82) is 0 Å². The lowest BCUT2D eigenvalue weighted by atomic mass is 10.0. The Balaban J connectivity index is 2.56. The summed E-state index contributed by atoms with van der Waals surface area (Å²) in [6.45, 7) is 8.38. The quantitative estimate of drug-likeness (QED) is 0.441. The molecule has 0 aliphatic carbocycles. The molecule has 3 rings (SSSR count). The molecule has 3 aromatic carbocycles. The van der Waals surface area contributed by atoms with Gasteiger partial charge in [-0.3, -0.25) is 0 Å². The zero-order valence-electron chi connectivity index (χ0n) is 13.7. The van der Waals surface area contributed by atoms with Gasteiger partial charge in [0.25, 0.3) is 0 Å². The highest BCUT2D eigenvalue weighted by Crippen LogP contribution is 2.56. The highest BCUT2D eigenvalue weighted by atomic mass is 31.2. The van der Waals surface area contributed by atoms with Crippen LogP contribution in [0.4, 0.5) is 0 Å². The molecule has 0 unspecified atom stereocenters. The fourth-order valence-corrected chi connectivity index (χ4v) is 6.86. The summed E-state index contributed by atoms with van der Waals surface area (Å²) in [6.07, 6.45) is 0. The maximum atomic E-state index is 14.0. The highest BCUT2D eigenvalue weighted by Gasteiger charge is 2.35. The van der Waals surface area contributed by atoms with Crippen LogP contribution in [0.3, 0.4) is 0 Å². The predicted octanol–water partition coefficient (Wildman–Crippen LogP) is 5.80. The van der Waals surface area contributed by atoms with Crippen molar-refractivity contribution in [3.05, 3.63) is 54.6 Å². The minimum absolute atomic E-state index is 0.140. The third-order valence-corrected chi connectivity index (χ3v) is 8.88. The average molecular weight is 310 g/mol. The minimum Gasteiger partial charge on any atom is -0.318 e. The van der Waals surface area contributed by atoms with Gasteiger partial charge in [-0.15, -0.1) is 0 Å². The molecule has 3 aromatic rings. The summed E-state index contributed by atoms with van der Waals surface area (Å²) in [5.41, 5.74) is 0.281. The summed E-state index contributed by atoms with van der Waals surface area (Å²) in [5.74, 6) is 0. The minimum atomic E-state index is -2.51. The van der Waals surface area contributed by atoms with E-state index in [0.29, 0.717) is 0 Å². The maximum Gasteiger partial charge on any atom is 0.121 e. The zero-order valence-corrected chi connectivity index (χ0v) is 14.6. The van der Waals surface area contributed by atoms with E-state index in [0.717, 1.165) is 16.1 Å². The van der Waals surface area contributed by atoms with E-state index in [1.165, 1.54) is 10.8 Å². The standard InChI is InChI=1S/C20H23OP/c1-14(2)22(21,15(3)4)20-18-11-7-5-9-16(18)13-17-10-6-8-12-19(17)20/h5-15H,1-4H3. The van der Waals surface area contributed by atoms with Gasteiger partial charge in [0.1, 0.15) is 7.14 Å². The van der Waals surface area contributed by atoms with E-state index < -0.39 is 7.14 Å². The second kappa shape index (κ2) is 5.56. The second-order valence-electron chi connectivity index (χ2n) is 6.56. The molecule has 0 saturated heterocycles. The van der Waals surface area contributed by atoms with Crippen molar-refractivity contribution in [2.24, 2.45) is 0 Å². The molecule has 0 spiro atoms. The normalized spacial score (nSPS) is 12.6. The Labute approximate surface area is 132 Å². The molecular formula is C20H23OP. The molecule has 0 N–H and O–H groups in total. The zero-order chi connectivity index (χ0) is 15.9. The Kier molecular flexibility index (Phi) is 3.87. The molecule has 114 valence electrons. The van der Waals surface area contributed by atoms with E-state index in [4.69, 9.17) is 0 Å². The molecule has 0 atom stereocenters. The third kappa shape index (κ3) is 2.20. The van der Waals surface area contributed by atoms with Gasteiger partial charge in [-0.1, -0.05) is 76.2 Å². The monoisotopic (exact) mass is 310 g/mol. The van der Waals surface area contributed by atoms with Crippen LogP contribution in [-0.2, 0) is 4.57 Å². The molecule has 0 saturated carbocycles. The van der Waals surface area contributed by atoms with E-state index >= 15 is 0 Å². The van der Waals surface area contributed by atoms with Crippen molar-refractivity contribution < 1.29 is 4.57 Å². The van der Waals surface area contributed by atoms with Crippen LogP contribution in [0.15, 0.2) is 54.6 Å². The van der Waals surface area contributed by atoms with Gasteiger partial charge in [0.05, 0.1) is 0 Å². The van der Waals surface area contributed by atoms with Gasteiger partial charge in [-0.2, -0.15) is 0 Å². The molecule has 0 fully saturated rings. The van der Waals surface area contributed by atoms with Crippen molar-refractivity contribution in [2.75, 3.05) is 0 Å². The fraction of sp³-hybridized carbons (Fsp3) is 0.300. The van der Waals surface area contributed by atoms with Gasteiger partial charge in [-0.05, 0) is 27.6 Å². The number of rotatable bonds is 3. The van der Waals surface area contributed by atoms with Gasteiger partial charge in [0, 0.05) is 16.6 Å². The van der Waals surface area contributed by atoms with Crippen LogP contribution in [0.2, 0.25) is 0 Å². The Bertz CT molecular complexity index is 811. The third-order valence-electron chi connectivity index (χ3n) is 4.63. The maximum absolute atomic E-state index is 14.0. The van der Waals surface area contributed by atoms with Crippen molar-refractivity contribution in [3.8, 4) is 0 Å². The summed E-state index contributed by atoms with van der Waals surface area (Å²) in [4.78, 5) is 0. The lowest BCUT2D eigenvalue weighted by Gasteiger charge is -2.29. The Hall–Kier alpha value is -1.59. The van der Waals surface area contributed by atoms with Crippen LogP contribution in [0.25, 0.3) is 21.5 Å². The number of fused-ring (bicyclic) bond motifs is 2. The van der Waals surface area contributed by atoms with Crippen LogP contribution in [0, 0.1) is 0 Å². The van der Waals surface area contributed by atoms with Crippen LogP contribution >= 0.6 is 7.14 Å². The Morgan fingerprint density at radius 1 is 0.727 bits per heavy atom. The van der Waals surface area contributed by atoms with Crippen LogP contribution in [0.1, 0.15) is 27.7 Å². The molecule has 0 bridgehead atoms. The van der Waals surface area contributed by atoms with Gasteiger partial charge >= 0.3 is 0 Å². The Morgan fingerprint density at radius 3 is 1.55 bits per heavy atom. The second-order valence-corrected chi connectivity index (χ2v) is 10.5. The Morgan fingerprint density at radius 2 is 1.14 bits per heavy atom. The molecule has 0 aliphatic rings. The summed E-state index contributed by atoms with van der Waals surface area (Å²) in [5, 5.41) is 5.72. The lowest BCUT2D eigenvalue weighted by molar-refractivity contribution is 0.569. The SMILES string of the molecule is CC(C)P(=O)(c1c2ccccc2cc2ccccc12)C(C)C. The molecule has 1 nitrogen and oxygen atoms in total. The van der Waals surface area contributed by atoms with E-state index in [1.54, 1.807) is 0 Å². The van der Waals surface area contributed by atoms with Crippen molar-refractivity contribution in [3.63, 3.8) is 0 Å². The number of hydrogen-bond acceptors (Lipinski definition) is 1. The average Bonchev–Trinajstić information content (AvgIpc) is 2.51. The summed E-state index contributed by atoms with van der Waals surface area (Å²) in [6, 6.07) is 18.9. The van der Waals surface area contributed by atoms with Gasteiger partial charge in [-0.25, -0.2) is 0 Å². The lowest BCUT2D eigenvalue weighted by Crippen LogP contribution is -2.21. The van der Waals surface area contributed by atoms with Gasteiger partial charge in [0.2, 0.25) is 0 Å². The molecule has 0 radical (unpaired) electrons. The molecule has 0 heterocycles. The smallest absolute Gasteiger partial charge is 0.121 e. The van der Waals surface area contributed by atoms with Crippen LogP contribution < -0.4 is 5.30 Å². The molecule has 0 aliphatic heterocycles. The van der Waals surface area contributed by atoms with Gasteiger partial charge in [0.15, 0.2) is 0 Å². The van der Waals surface area contributed by atoms with Crippen molar-refractivity contribution in [1.82, 2.24) is 0 Å². The van der Waals surface area contributed by atoms with E-state index in [9.17, 15) is 4.57 Å². The molecule has 0 aromatic heterocycles. The first kappa shape index (κ1) is 15.3. The fourth-order valence-electron chi connectivity index (χ4n) is 3.48. The van der Waals surface area contributed by atoms with Crippen LogP contribution in [-0.4, -0.2) is 11.3 Å². The number of benzene rings is 3. The summed E-state index contributed by atoms with van der Waals surface area (Å²) >= 11 is 0. The van der Waals surface area contributed by atoms with E-state index in [1.807, 2.05) is 12.1 Å². The summed E-state index contributed by atoms with van der Waals surface area (Å²) < 4.78 is 14.0. The molecular weight excluding hydrogens is 287 g/mol. The topological polar surface area (TPSA) is 17.1 Å². The first-order valence-corrected chi connectivity index (χ1v) is 9.81. The van der Waals surface area contributed by atoms with Crippen LogP contribution in [0.5, 0.6) is 0 Å². The van der Waals surface area contributed by atoms with Gasteiger partial charge < -0.3 is 4.57 Å². The van der Waals surface area contributed by atoms with E-state index in [-0.39, 0.29) is 11.3 Å². The predicted molar refractivity (Wildman–Crippen MR) is 99.0 cm³/mol. The van der Waals surface area contributed by atoms with E-state index in [2.05, 4.69) is 70.2 Å². The summed E-state index contributed by atoms with van der Waals surface area (Å²) in [7, 11) is -2.51.